The van der Waals surface area contributed by atoms with Crippen molar-refractivity contribution in [3.05, 3.63) is 0 Å². The van der Waals surface area contributed by atoms with Crippen LogP contribution in [0.3, 0.4) is 0 Å². The molecular weight excluding hydrogens is 184 g/mol. The molecule has 0 bridgehead atoms. The molecule has 0 aromatic carbocycles. The summed E-state index contributed by atoms with van der Waals surface area (Å²) in [6.07, 6.45) is 0. The Morgan fingerprint density at radius 1 is 1.31 bits per heavy atom. The number of nitrogens with zero attached hydrogens (tertiary/aromatic N) is 2. The number of carbonyl (C=O) groups excluding carboxylic acids is 1. The number of hydrogen-bond donors (Lipinski definition) is 1. The molecule has 0 aliphatic carbocycles. The van der Waals surface area contributed by atoms with Crippen LogP contribution in [0.4, 0.5) is 0 Å². The minimum Gasteiger partial charge on any atom is -0.329 e. The van der Waals surface area contributed by atoms with Gasteiger partial charge >= 0.3 is 0 Å². The normalized spacial score (nSPS) is 22.5. The largest absolute Gasteiger partial charge is 0.329 e. The second kappa shape index (κ2) is 4.33. The van der Waals surface area contributed by atoms with E-state index in [0.717, 1.165) is 13.1 Å². The van der Waals surface area contributed by atoms with Crippen molar-refractivity contribution in [2.75, 3.05) is 19.6 Å². The highest BCUT2D eigenvalue weighted by atomic mass is 32.1. The summed E-state index contributed by atoms with van der Waals surface area (Å²) in [6, 6.07) is 0.460. The van der Waals surface area contributed by atoms with Gasteiger partial charge in [-0.3, -0.25) is 9.69 Å². The van der Waals surface area contributed by atoms with Gasteiger partial charge in [0, 0.05) is 19.1 Å². The Bertz CT molecular complexity index is 194. The zero-order valence-corrected chi connectivity index (χ0v) is 9.42. The Labute approximate surface area is 85.5 Å². The van der Waals surface area contributed by atoms with Gasteiger partial charge in [-0.05, 0) is 20.8 Å². The van der Waals surface area contributed by atoms with Gasteiger partial charge in [0.2, 0.25) is 5.91 Å². The molecule has 1 aliphatic rings. The molecule has 0 aromatic rings. The maximum absolute atomic E-state index is 11.6. The molecule has 0 aromatic heterocycles. The van der Waals surface area contributed by atoms with E-state index in [2.05, 4.69) is 31.4 Å². The number of amides is 1. The Hall–Kier alpha value is -0.220. The molecule has 13 heavy (non-hydrogen) atoms. The molecule has 76 valence electrons. The van der Waals surface area contributed by atoms with Gasteiger partial charge in [0.25, 0.3) is 0 Å². The van der Waals surface area contributed by atoms with E-state index in [4.69, 9.17) is 0 Å². The van der Waals surface area contributed by atoms with Gasteiger partial charge in [-0.2, -0.15) is 12.6 Å². The van der Waals surface area contributed by atoms with E-state index in [1.165, 1.54) is 0 Å². The number of piperazine rings is 1. The van der Waals surface area contributed by atoms with Crippen molar-refractivity contribution < 1.29 is 4.79 Å². The first kappa shape index (κ1) is 10.9. The van der Waals surface area contributed by atoms with Crippen molar-refractivity contribution in [1.82, 2.24) is 9.80 Å². The number of thiol groups is 1. The molecule has 1 heterocycles. The van der Waals surface area contributed by atoms with Gasteiger partial charge in [-0.25, -0.2) is 0 Å². The molecule has 0 N–H and O–H groups in total. The van der Waals surface area contributed by atoms with Crippen LogP contribution in [0.1, 0.15) is 20.8 Å². The first-order chi connectivity index (χ1) is 6.02. The summed E-state index contributed by atoms with van der Waals surface area (Å²) in [7, 11) is 0. The first-order valence-corrected chi connectivity index (χ1v) is 5.25. The lowest BCUT2D eigenvalue weighted by atomic mass is 10.2. The van der Waals surface area contributed by atoms with Gasteiger partial charge in [0.15, 0.2) is 0 Å². The van der Waals surface area contributed by atoms with Crippen LogP contribution in [-0.2, 0) is 4.79 Å². The third kappa shape index (κ3) is 2.61. The van der Waals surface area contributed by atoms with Crippen molar-refractivity contribution >= 4 is 18.5 Å². The third-order valence-electron chi connectivity index (χ3n) is 2.47. The summed E-state index contributed by atoms with van der Waals surface area (Å²) in [5, 5.41) is 0.0433. The van der Waals surface area contributed by atoms with Crippen LogP contribution in [0.5, 0.6) is 0 Å². The average Bonchev–Trinajstić information content (AvgIpc) is 2.03. The predicted octanol–water partition coefficient (Wildman–Crippen LogP) is 0.815. The standard InChI is InChI=1S/C9H18N2OS/c1-7(2)10-4-5-11(8(3)13)9(12)6-10/h7-8,13H,4-6H2,1-3H3. The molecule has 4 heteroatoms. The van der Waals surface area contributed by atoms with E-state index in [1.807, 2.05) is 11.8 Å². The summed E-state index contributed by atoms with van der Waals surface area (Å²) >= 11 is 4.27. The fourth-order valence-corrected chi connectivity index (χ4v) is 1.78. The summed E-state index contributed by atoms with van der Waals surface area (Å²) in [6.45, 7) is 8.49. The Kier molecular flexibility index (Phi) is 3.62. The van der Waals surface area contributed by atoms with E-state index < -0.39 is 0 Å². The summed E-state index contributed by atoms with van der Waals surface area (Å²) in [5.41, 5.74) is 0. The van der Waals surface area contributed by atoms with Crippen LogP contribution in [-0.4, -0.2) is 46.8 Å². The van der Waals surface area contributed by atoms with Crippen molar-refractivity contribution in [1.29, 1.82) is 0 Å². The lowest BCUT2D eigenvalue weighted by Crippen LogP contribution is -2.53. The van der Waals surface area contributed by atoms with E-state index in [9.17, 15) is 4.79 Å². The SMILES string of the molecule is CC(C)N1CCN(C(C)S)C(=O)C1. The third-order valence-corrected chi connectivity index (χ3v) is 2.75. The smallest absolute Gasteiger partial charge is 0.237 e. The Morgan fingerprint density at radius 2 is 1.92 bits per heavy atom. The van der Waals surface area contributed by atoms with Gasteiger partial charge in [-0.1, -0.05) is 0 Å². The molecule has 3 nitrogen and oxygen atoms in total. The second-order valence-electron chi connectivity index (χ2n) is 3.78. The molecule has 1 amide bonds. The highest BCUT2D eigenvalue weighted by molar-refractivity contribution is 7.80. The molecule has 1 fully saturated rings. The molecule has 0 spiro atoms. The van der Waals surface area contributed by atoms with E-state index in [-0.39, 0.29) is 11.3 Å². The van der Waals surface area contributed by atoms with Crippen LogP contribution in [0.25, 0.3) is 0 Å². The minimum atomic E-state index is 0.0433. The molecule has 1 saturated heterocycles. The van der Waals surface area contributed by atoms with E-state index >= 15 is 0 Å². The number of carbonyl (C=O) groups is 1. The molecule has 0 saturated carbocycles. The number of hydrogen-bond acceptors (Lipinski definition) is 3. The topological polar surface area (TPSA) is 23.6 Å². The summed E-state index contributed by atoms with van der Waals surface area (Å²) in [4.78, 5) is 15.6. The van der Waals surface area contributed by atoms with Crippen molar-refractivity contribution in [2.45, 2.75) is 32.2 Å². The fourth-order valence-electron chi connectivity index (χ4n) is 1.54. The molecule has 1 unspecified atom stereocenters. The first-order valence-electron chi connectivity index (χ1n) is 4.74. The van der Waals surface area contributed by atoms with Crippen LogP contribution in [0, 0.1) is 0 Å². The van der Waals surface area contributed by atoms with Gasteiger partial charge in [0.1, 0.15) is 0 Å². The monoisotopic (exact) mass is 202 g/mol. The highest BCUT2D eigenvalue weighted by Crippen LogP contribution is 2.11. The van der Waals surface area contributed by atoms with Gasteiger partial charge < -0.3 is 4.90 Å². The fraction of sp³-hybridized carbons (Fsp3) is 0.889. The van der Waals surface area contributed by atoms with Gasteiger partial charge in [-0.15, -0.1) is 0 Å². The quantitative estimate of drug-likeness (QED) is 0.670. The van der Waals surface area contributed by atoms with Gasteiger partial charge in [0.05, 0.1) is 11.9 Å². The zero-order chi connectivity index (χ0) is 10.0. The summed E-state index contributed by atoms with van der Waals surface area (Å²) < 4.78 is 0. The minimum absolute atomic E-state index is 0.0433. The van der Waals surface area contributed by atoms with Crippen LogP contribution < -0.4 is 0 Å². The van der Waals surface area contributed by atoms with Crippen molar-refractivity contribution in [3.63, 3.8) is 0 Å². The maximum Gasteiger partial charge on any atom is 0.237 e. The Morgan fingerprint density at radius 3 is 2.31 bits per heavy atom. The van der Waals surface area contributed by atoms with Crippen molar-refractivity contribution in [3.8, 4) is 0 Å². The lowest BCUT2D eigenvalue weighted by molar-refractivity contribution is -0.137. The lowest BCUT2D eigenvalue weighted by Gasteiger charge is -2.38. The van der Waals surface area contributed by atoms with Crippen LogP contribution in [0.2, 0.25) is 0 Å². The molecule has 1 aliphatic heterocycles. The number of rotatable bonds is 2. The maximum atomic E-state index is 11.6. The average molecular weight is 202 g/mol. The Balaban J connectivity index is 2.52. The van der Waals surface area contributed by atoms with Crippen LogP contribution >= 0.6 is 12.6 Å². The predicted molar refractivity (Wildman–Crippen MR) is 56.9 cm³/mol. The van der Waals surface area contributed by atoms with E-state index in [1.54, 1.807) is 0 Å². The van der Waals surface area contributed by atoms with Crippen molar-refractivity contribution in [2.24, 2.45) is 0 Å². The second-order valence-corrected chi connectivity index (χ2v) is 4.53. The molecular formula is C9H18N2OS. The molecule has 1 atom stereocenters. The molecule has 0 radical (unpaired) electrons. The van der Waals surface area contributed by atoms with E-state index in [0.29, 0.717) is 12.6 Å². The zero-order valence-electron chi connectivity index (χ0n) is 8.53. The molecule has 1 rings (SSSR count). The van der Waals surface area contributed by atoms with Crippen LogP contribution in [0.15, 0.2) is 0 Å². The summed E-state index contributed by atoms with van der Waals surface area (Å²) in [5.74, 6) is 0.197. The highest BCUT2D eigenvalue weighted by Gasteiger charge is 2.26.